The zero-order chi connectivity index (χ0) is 10.4. The second-order valence-corrected chi connectivity index (χ2v) is 4.95. The van der Waals surface area contributed by atoms with E-state index in [0.717, 1.165) is 5.69 Å². The highest BCUT2D eigenvalue weighted by Crippen LogP contribution is 2.16. The van der Waals surface area contributed by atoms with Gasteiger partial charge < -0.3 is 5.73 Å². The summed E-state index contributed by atoms with van der Waals surface area (Å²) in [7, 11) is 0. The predicted molar refractivity (Wildman–Crippen MR) is 71.4 cm³/mol. The molecule has 0 atom stereocenters. The van der Waals surface area contributed by atoms with Gasteiger partial charge in [-0.15, -0.1) is 0 Å². The fourth-order valence-corrected chi connectivity index (χ4v) is 2.34. The lowest BCUT2D eigenvalue weighted by Gasteiger charge is -2.03. The zero-order valence-corrected chi connectivity index (χ0v) is 10.9. The molecule has 2 heteroatoms. The maximum Gasteiger partial charge on any atom is 0.0327 e. The Morgan fingerprint density at radius 3 is 2.57 bits per heavy atom. The molecule has 0 saturated carbocycles. The van der Waals surface area contributed by atoms with E-state index in [9.17, 15) is 0 Å². The summed E-state index contributed by atoms with van der Waals surface area (Å²) in [5.74, 6) is 0. The smallest absolute Gasteiger partial charge is 0.0327 e. The number of nitrogens with two attached hydrogens (primary N) is 1. The van der Waals surface area contributed by atoms with Crippen molar-refractivity contribution in [1.29, 1.82) is 0 Å². The highest BCUT2D eigenvalue weighted by Gasteiger charge is 1.97. The van der Waals surface area contributed by atoms with Gasteiger partial charge in [0.15, 0.2) is 0 Å². The number of benzene rings is 1. The molecule has 0 aliphatic rings. The summed E-state index contributed by atoms with van der Waals surface area (Å²) in [6.07, 6.45) is 6.43. The van der Waals surface area contributed by atoms with Crippen LogP contribution in [-0.2, 0) is 6.42 Å². The van der Waals surface area contributed by atoms with E-state index >= 15 is 0 Å². The molecule has 0 spiro atoms. The molecule has 0 aliphatic carbocycles. The first-order valence-electron chi connectivity index (χ1n) is 5.27. The van der Waals surface area contributed by atoms with Gasteiger partial charge in [-0.3, -0.25) is 0 Å². The van der Waals surface area contributed by atoms with Gasteiger partial charge in [0.2, 0.25) is 0 Å². The van der Waals surface area contributed by atoms with Crippen LogP contribution < -0.4 is 5.73 Å². The summed E-state index contributed by atoms with van der Waals surface area (Å²) >= 11 is 2.32. The highest BCUT2D eigenvalue weighted by molar-refractivity contribution is 14.1. The Morgan fingerprint density at radius 2 is 1.93 bits per heavy atom. The average molecular weight is 303 g/mol. The summed E-state index contributed by atoms with van der Waals surface area (Å²) in [5.41, 5.74) is 8.06. The normalized spacial score (nSPS) is 10.4. The Kier molecular flexibility index (Phi) is 5.30. The van der Waals surface area contributed by atoms with Crippen molar-refractivity contribution in [3.63, 3.8) is 0 Å². The zero-order valence-electron chi connectivity index (χ0n) is 8.72. The molecule has 2 N–H and O–H groups in total. The van der Waals surface area contributed by atoms with E-state index in [4.69, 9.17) is 5.73 Å². The van der Waals surface area contributed by atoms with Crippen LogP contribution in [0, 0.1) is 3.57 Å². The van der Waals surface area contributed by atoms with Gasteiger partial charge in [-0.25, -0.2) is 0 Å². The van der Waals surface area contributed by atoms with E-state index in [2.05, 4.69) is 41.6 Å². The van der Waals surface area contributed by atoms with Crippen LogP contribution in [0.2, 0.25) is 0 Å². The fraction of sp³-hybridized carbons (Fsp3) is 0.500. The van der Waals surface area contributed by atoms with Gasteiger partial charge in [-0.1, -0.05) is 26.2 Å². The fourth-order valence-electron chi connectivity index (χ4n) is 1.58. The molecule has 0 fully saturated rings. The van der Waals surface area contributed by atoms with Crippen LogP contribution in [0.25, 0.3) is 0 Å². The molecule has 0 bridgehead atoms. The Morgan fingerprint density at radius 1 is 1.14 bits per heavy atom. The van der Waals surface area contributed by atoms with Crippen molar-refractivity contribution in [2.75, 3.05) is 5.73 Å². The number of aryl methyl sites for hydroxylation is 1. The summed E-state index contributed by atoms with van der Waals surface area (Å²) in [4.78, 5) is 0. The van der Waals surface area contributed by atoms with Gasteiger partial charge in [0.1, 0.15) is 0 Å². The number of rotatable bonds is 5. The Labute approximate surface area is 100 Å². The van der Waals surface area contributed by atoms with E-state index in [0.29, 0.717) is 0 Å². The third-order valence-electron chi connectivity index (χ3n) is 2.30. The number of hydrogen-bond donors (Lipinski definition) is 1. The first kappa shape index (κ1) is 11.8. The van der Waals surface area contributed by atoms with Crippen LogP contribution in [0.4, 0.5) is 5.69 Å². The molecule has 1 rings (SSSR count). The van der Waals surface area contributed by atoms with Crippen molar-refractivity contribution in [3.8, 4) is 0 Å². The van der Waals surface area contributed by atoms with E-state index in [1.165, 1.54) is 41.2 Å². The average Bonchev–Trinajstić information content (AvgIpc) is 2.11. The standard InChI is InChI=1S/C12H18IN/c1-2-3-4-5-6-10-7-11(13)9-12(14)8-10/h7-9H,2-6,14H2,1H3. The summed E-state index contributed by atoms with van der Waals surface area (Å²) in [5, 5.41) is 0. The maximum atomic E-state index is 5.79. The summed E-state index contributed by atoms with van der Waals surface area (Å²) < 4.78 is 1.24. The van der Waals surface area contributed by atoms with Gasteiger partial charge in [-0.2, -0.15) is 0 Å². The molecule has 0 aliphatic heterocycles. The maximum absolute atomic E-state index is 5.79. The number of halogens is 1. The van der Waals surface area contributed by atoms with Gasteiger partial charge in [0.05, 0.1) is 0 Å². The minimum atomic E-state index is 0.891. The van der Waals surface area contributed by atoms with Crippen LogP contribution in [-0.4, -0.2) is 0 Å². The molecular weight excluding hydrogens is 285 g/mol. The summed E-state index contributed by atoms with van der Waals surface area (Å²) in [6, 6.07) is 6.33. The number of anilines is 1. The lowest BCUT2D eigenvalue weighted by Crippen LogP contribution is -1.91. The van der Waals surface area contributed by atoms with E-state index < -0.39 is 0 Å². The third-order valence-corrected chi connectivity index (χ3v) is 2.92. The van der Waals surface area contributed by atoms with Crippen LogP contribution >= 0.6 is 22.6 Å². The Hall–Kier alpha value is -0.250. The molecule has 0 amide bonds. The lowest BCUT2D eigenvalue weighted by molar-refractivity contribution is 0.667. The van der Waals surface area contributed by atoms with Crippen molar-refractivity contribution in [2.24, 2.45) is 0 Å². The Balaban J connectivity index is 2.42. The molecule has 0 unspecified atom stereocenters. The molecular formula is C12H18IN. The van der Waals surface area contributed by atoms with Crippen LogP contribution in [0.3, 0.4) is 0 Å². The van der Waals surface area contributed by atoms with Crippen molar-refractivity contribution in [1.82, 2.24) is 0 Å². The predicted octanol–water partition coefficient (Wildman–Crippen LogP) is 4.00. The van der Waals surface area contributed by atoms with E-state index in [1.807, 2.05) is 6.07 Å². The molecule has 0 radical (unpaired) electrons. The number of hydrogen-bond acceptors (Lipinski definition) is 1. The molecule has 0 heterocycles. The second-order valence-electron chi connectivity index (χ2n) is 3.70. The minimum Gasteiger partial charge on any atom is -0.399 e. The van der Waals surface area contributed by atoms with Gasteiger partial charge >= 0.3 is 0 Å². The SMILES string of the molecule is CCCCCCc1cc(N)cc(I)c1. The molecule has 0 aromatic heterocycles. The largest absolute Gasteiger partial charge is 0.399 e. The van der Waals surface area contributed by atoms with Crippen molar-refractivity contribution >= 4 is 28.3 Å². The van der Waals surface area contributed by atoms with Gasteiger partial charge in [-0.05, 0) is 59.2 Å². The van der Waals surface area contributed by atoms with E-state index in [1.54, 1.807) is 0 Å². The Bertz CT molecular complexity index is 263. The van der Waals surface area contributed by atoms with Crippen LogP contribution in [0.5, 0.6) is 0 Å². The third kappa shape index (κ3) is 4.31. The lowest BCUT2D eigenvalue weighted by atomic mass is 10.1. The summed E-state index contributed by atoms with van der Waals surface area (Å²) in [6.45, 7) is 2.24. The van der Waals surface area contributed by atoms with Crippen molar-refractivity contribution in [2.45, 2.75) is 39.0 Å². The van der Waals surface area contributed by atoms with Gasteiger partial charge in [0.25, 0.3) is 0 Å². The minimum absolute atomic E-state index is 0.891. The monoisotopic (exact) mass is 303 g/mol. The number of nitrogen functional groups attached to an aromatic ring is 1. The second kappa shape index (κ2) is 6.27. The molecule has 1 aromatic carbocycles. The van der Waals surface area contributed by atoms with Crippen molar-refractivity contribution in [3.05, 3.63) is 27.3 Å². The van der Waals surface area contributed by atoms with Crippen LogP contribution in [0.1, 0.15) is 38.2 Å². The number of unbranched alkanes of at least 4 members (excludes halogenated alkanes) is 3. The topological polar surface area (TPSA) is 26.0 Å². The first-order chi connectivity index (χ1) is 6.72. The first-order valence-corrected chi connectivity index (χ1v) is 6.35. The molecule has 78 valence electrons. The molecule has 0 saturated heterocycles. The van der Waals surface area contributed by atoms with Crippen molar-refractivity contribution < 1.29 is 0 Å². The molecule has 1 nitrogen and oxygen atoms in total. The van der Waals surface area contributed by atoms with E-state index in [-0.39, 0.29) is 0 Å². The quantitative estimate of drug-likeness (QED) is 0.497. The van der Waals surface area contributed by atoms with Gasteiger partial charge in [0, 0.05) is 9.26 Å². The molecule has 14 heavy (non-hydrogen) atoms. The highest BCUT2D eigenvalue weighted by atomic mass is 127. The van der Waals surface area contributed by atoms with Crippen LogP contribution in [0.15, 0.2) is 18.2 Å². The molecule has 1 aromatic rings.